The Hall–Kier alpha value is -5.57. The van der Waals surface area contributed by atoms with Crippen LogP contribution in [0.25, 0.3) is 72.7 Å². The van der Waals surface area contributed by atoms with E-state index < -0.39 is 85.7 Å². The summed E-state index contributed by atoms with van der Waals surface area (Å²) in [6.07, 6.45) is 1.35. The first-order chi connectivity index (χ1) is 39.2. The molecule has 0 aliphatic heterocycles. The van der Waals surface area contributed by atoms with Gasteiger partial charge < -0.3 is 5.11 Å². The van der Waals surface area contributed by atoms with E-state index in [0.29, 0.717) is 44.4 Å². The summed E-state index contributed by atoms with van der Waals surface area (Å²) in [7, 11) is 0. The van der Waals surface area contributed by atoms with Gasteiger partial charge in [0.1, 0.15) is 11.6 Å². The maximum absolute atomic E-state index is 12.5. The number of imidazole rings is 1. The largest absolute Gasteiger partial charge is 0.507 e. The van der Waals surface area contributed by atoms with Crippen LogP contribution >= 0.6 is 0 Å². The van der Waals surface area contributed by atoms with Crippen LogP contribution in [0, 0.1) is 12.9 Å². The Bertz CT molecular complexity index is 3910. The molecule has 0 atom stereocenters. The molecule has 2 aromatic heterocycles. The number of rotatable bonds is 10. The molecule has 0 radical (unpaired) electrons. The summed E-state index contributed by atoms with van der Waals surface area (Å²) in [6.45, 7) is 5.86. The third-order valence-corrected chi connectivity index (χ3v) is 12.3. The van der Waals surface area contributed by atoms with Crippen molar-refractivity contribution in [3.63, 3.8) is 0 Å². The minimum absolute atomic E-state index is 0. The van der Waals surface area contributed by atoms with Gasteiger partial charge in [-0.2, -0.15) is 0 Å². The van der Waals surface area contributed by atoms with E-state index in [1.54, 1.807) is 88.6 Å². The maximum Gasteiger partial charge on any atom is 0.148 e. The Morgan fingerprint density at radius 2 is 1.35 bits per heavy atom. The van der Waals surface area contributed by atoms with Crippen LogP contribution in [0.3, 0.4) is 0 Å². The number of nitrogens with zero attached hydrogens (tertiary/aromatic N) is 3. The Morgan fingerprint density at radius 3 is 2.00 bits per heavy atom. The van der Waals surface area contributed by atoms with E-state index in [4.69, 9.17) is 22.8 Å². The Kier molecular flexibility index (Phi) is 8.81. The molecular weight excluding hydrogens is 1010 g/mol. The quantitative estimate of drug-likeness (QED) is 0.139. The summed E-state index contributed by atoms with van der Waals surface area (Å²) < 4.78 is 168. The number of hydrogen-bond donors (Lipinski definition) is 1. The minimum atomic E-state index is -3.86. The van der Waals surface area contributed by atoms with Crippen LogP contribution < -0.4 is 0 Å². The molecular formula is C63H70N3OPt-. The van der Waals surface area contributed by atoms with Crippen molar-refractivity contribution >= 4 is 11.0 Å². The van der Waals surface area contributed by atoms with Gasteiger partial charge in [0.05, 0.1) is 27.8 Å². The van der Waals surface area contributed by atoms with Crippen LogP contribution in [0.1, 0.15) is 185 Å². The summed E-state index contributed by atoms with van der Waals surface area (Å²) in [5.41, 5.74) is 0.863. The number of fused-ring (bicyclic) bond motifs is 1. The minimum Gasteiger partial charge on any atom is -0.507 e. The number of hydrogen-bond acceptors (Lipinski definition) is 3. The van der Waals surface area contributed by atoms with Gasteiger partial charge in [0.2, 0.25) is 0 Å². The first-order valence-electron chi connectivity index (χ1n) is 32.0. The normalized spacial score (nSPS) is 17.5. The molecule has 8 aromatic rings. The summed E-state index contributed by atoms with van der Waals surface area (Å²) in [5, 5.41) is 12.5. The third-order valence-electron chi connectivity index (χ3n) is 12.3. The second kappa shape index (κ2) is 19.4. The van der Waals surface area contributed by atoms with E-state index in [2.05, 4.69) is 11.1 Å². The first kappa shape index (κ1) is 30.8. The maximum atomic E-state index is 12.5. The van der Waals surface area contributed by atoms with E-state index in [0.717, 1.165) is 16.7 Å². The standard InChI is InChI=1S/C63H70N3O.Pt/c1-37(2)45-34-53(40(7)8)60(67)54(35-45)61-65-59-52(20-17-21-57(59)66(61)56-27-24-44(30-41(56)9)58-50(38(3)4)18-16-19-51(58)39(5)6)46-31-47(33-49(32-46)63(13,14)15)55-36-43(28-29-64-55)42-22-25-48(26-23-42)62(10,11)12;/h16-30,32-40,67H,1-15H3;/q-1;/i9D3,10D3,11D3,12D3,22D,23D,25D,26D,37D,38D,40D;. The molecule has 4 nitrogen and oxygen atoms in total. The van der Waals surface area contributed by atoms with Crippen molar-refractivity contribution in [2.75, 3.05) is 0 Å². The number of aromatic nitrogens is 3. The van der Waals surface area contributed by atoms with Gasteiger partial charge in [0.15, 0.2) is 0 Å². The van der Waals surface area contributed by atoms with Crippen molar-refractivity contribution in [3.8, 4) is 67.5 Å². The van der Waals surface area contributed by atoms with Crippen molar-refractivity contribution in [3.05, 3.63) is 166 Å². The van der Waals surface area contributed by atoms with Crippen LogP contribution in [0.5, 0.6) is 5.75 Å². The van der Waals surface area contributed by atoms with Crippen molar-refractivity contribution in [2.24, 2.45) is 0 Å². The molecule has 2 heterocycles. The Morgan fingerprint density at radius 1 is 0.662 bits per heavy atom. The van der Waals surface area contributed by atoms with Crippen molar-refractivity contribution < 1.29 is 52.2 Å². The van der Waals surface area contributed by atoms with E-state index in [1.807, 2.05) is 71.0 Å². The molecule has 0 spiro atoms. The van der Waals surface area contributed by atoms with E-state index in [1.165, 1.54) is 18.3 Å². The predicted molar refractivity (Wildman–Crippen MR) is 285 cm³/mol. The van der Waals surface area contributed by atoms with Gasteiger partial charge in [-0.05, 0) is 127 Å². The number of aromatic hydroxyl groups is 1. The fourth-order valence-electron chi connectivity index (χ4n) is 8.56. The molecule has 6 aromatic carbocycles. The number of pyridine rings is 1. The first-order valence-corrected chi connectivity index (χ1v) is 22.5. The van der Waals surface area contributed by atoms with E-state index in [-0.39, 0.29) is 77.8 Å². The molecule has 68 heavy (non-hydrogen) atoms. The van der Waals surface area contributed by atoms with Gasteiger partial charge in [-0.25, -0.2) is 4.98 Å². The molecule has 0 bridgehead atoms. The zero-order valence-electron chi connectivity index (χ0n) is 59.4. The van der Waals surface area contributed by atoms with Crippen molar-refractivity contribution in [1.82, 2.24) is 14.5 Å². The van der Waals surface area contributed by atoms with Gasteiger partial charge >= 0.3 is 0 Å². The SMILES string of the molecule is [2H]c1c([2H])c(C(C([2H])([2H])[2H])(C([2H])([2H])[2H])C([2H])([2H])[2H])c([2H])c([2H])c1-c1ccnc(-c2[c-]c(-c3cccc4c3nc(-c3cc(C([2H])(C)C)cc(C([2H])(C)C)c3O)n4-c3ccc(-c4c(C(C)C)cccc4C([2H])(C)C)cc3C([2H])([2H])[2H])cc(C(C)(C)C)c2)c1.[Pt]. The molecule has 8 rings (SSSR count). The van der Waals surface area contributed by atoms with Gasteiger partial charge in [0.25, 0.3) is 0 Å². The average molecular weight is 1100 g/mol. The number of benzene rings is 6. The number of aryl methyl sites for hydroxylation is 1. The molecule has 0 unspecified atom stereocenters. The van der Waals surface area contributed by atoms with E-state index in [9.17, 15) is 13.3 Å². The molecule has 5 heteroatoms. The van der Waals surface area contributed by atoms with Crippen LogP contribution in [0.4, 0.5) is 0 Å². The third kappa shape index (κ3) is 9.82. The van der Waals surface area contributed by atoms with Crippen LogP contribution in [-0.2, 0) is 31.9 Å². The van der Waals surface area contributed by atoms with E-state index >= 15 is 0 Å². The van der Waals surface area contributed by atoms with Crippen LogP contribution in [0.15, 0.2) is 121 Å². The second-order valence-corrected chi connectivity index (χ2v) is 19.4. The molecule has 1 N–H and O–H groups in total. The second-order valence-electron chi connectivity index (χ2n) is 19.4. The molecule has 0 fully saturated rings. The number of phenols is 1. The fraction of sp³-hybridized carbons (Fsp3) is 0.333. The number of para-hydroxylation sites is 1. The summed E-state index contributed by atoms with van der Waals surface area (Å²) in [4.78, 5) is 10.00. The molecule has 0 saturated carbocycles. The molecule has 0 amide bonds. The molecule has 0 aliphatic carbocycles. The Labute approximate surface area is 448 Å². The molecule has 0 aliphatic rings. The smallest absolute Gasteiger partial charge is 0.148 e. The van der Waals surface area contributed by atoms with Gasteiger partial charge in [0, 0.05) is 53.5 Å². The molecule has 0 saturated heterocycles. The summed E-state index contributed by atoms with van der Waals surface area (Å²) >= 11 is 0. The topological polar surface area (TPSA) is 50.9 Å². The predicted octanol–water partition coefficient (Wildman–Crippen LogP) is 17.7. The Balaban J connectivity index is 0.0000108. The zero-order valence-corrected chi connectivity index (χ0v) is 42.7. The zero-order chi connectivity index (χ0) is 64.5. The molecule has 354 valence electrons. The van der Waals surface area contributed by atoms with Gasteiger partial charge in [-0.1, -0.05) is 181 Å². The van der Waals surface area contributed by atoms with Crippen molar-refractivity contribution in [2.45, 2.75) is 138 Å². The summed E-state index contributed by atoms with van der Waals surface area (Å²) in [5.74, 6) is -3.92. The van der Waals surface area contributed by atoms with Gasteiger partial charge in [-0.15, -0.1) is 29.3 Å². The van der Waals surface area contributed by atoms with Gasteiger partial charge in [-0.3, -0.25) is 9.55 Å². The average Bonchev–Trinajstić information content (AvgIpc) is 0.884. The fourth-order valence-corrected chi connectivity index (χ4v) is 8.56. The number of phenolic OH excluding ortho intramolecular Hbond substituents is 1. The van der Waals surface area contributed by atoms with Crippen LogP contribution in [-0.4, -0.2) is 19.6 Å². The van der Waals surface area contributed by atoms with Crippen LogP contribution in [0.2, 0.25) is 0 Å². The summed E-state index contributed by atoms with van der Waals surface area (Å²) in [6, 6.07) is 25.6. The van der Waals surface area contributed by atoms with Crippen molar-refractivity contribution in [1.29, 1.82) is 0 Å². The monoisotopic (exact) mass is 1100 g/mol.